The number of hydrazone groups is 1. The summed E-state index contributed by atoms with van der Waals surface area (Å²) in [4.78, 5) is 30.2. The molecule has 4 rings (SSSR count). The number of aryl methyl sites for hydroxylation is 1. The number of pyridine rings is 1. The zero-order valence-electron chi connectivity index (χ0n) is 15.9. The summed E-state index contributed by atoms with van der Waals surface area (Å²) in [7, 11) is 0. The number of carbonyl (C=O) groups is 2. The van der Waals surface area contributed by atoms with E-state index in [0.717, 1.165) is 22.9 Å². The van der Waals surface area contributed by atoms with Crippen molar-refractivity contribution in [1.29, 1.82) is 0 Å². The van der Waals surface area contributed by atoms with Crippen LogP contribution in [0.3, 0.4) is 0 Å². The van der Waals surface area contributed by atoms with Crippen molar-refractivity contribution in [2.75, 3.05) is 5.01 Å². The van der Waals surface area contributed by atoms with Crippen molar-refractivity contribution in [2.24, 2.45) is 11.0 Å². The molecule has 0 spiro atoms. The Kier molecular flexibility index (Phi) is 4.74. The highest BCUT2D eigenvalue weighted by atomic mass is 16.2. The molecular formula is C23H21N3O2. The topological polar surface area (TPSA) is 62.6 Å². The standard InChI is InChI=1S/C23H21N3O2/c1-3-16-6-4-7-17(12-16)13-21(27)22-15(2)25-26(23(22)28)19-10-9-18-8-5-11-24-20(18)14-19/h4-12,14,22H,3,13H2,1-2H3. The molecule has 1 aliphatic rings. The zero-order valence-corrected chi connectivity index (χ0v) is 15.9. The van der Waals surface area contributed by atoms with Gasteiger partial charge in [0, 0.05) is 18.0 Å². The van der Waals surface area contributed by atoms with Crippen molar-refractivity contribution in [2.45, 2.75) is 26.7 Å². The van der Waals surface area contributed by atoms with Gasteiger partial charge in [0.25, 0.3) is 5.91 Å². The van der Waals surface area contributed by atoms with Crippen LogP contribution in [0.1, 0.15) is 25.0 Å². The number of Topliss-reactive ketones (excluding diaryl/α,β-unsaturated/α-hetero) is 1. The van der Waals surface area contributed by atoms with Gasteiger partial charge in [-0.3, -0.25) is 14.6 Å². The fraction of sp³-hybridized carbons (Fsp3) is 0.217. The molecule has 1 atom stereocenters. The van der Waals surface area contributed by atoms with Crippen LogP contribution in [-0.2, 0) is 22.4 Å². The van der Waals surface area contributed by atoms with Crippen LogP contribution in [-0.4, -0.2) is 22.4 Å². The number of rotatable bonds is 5. The Morgan fingerprint density at radius 2 is 1.89 bits per heavy atom. The van der Waals surface area contributed by atoms with Gasteiger partial charge in [-0.1, -0.05) is 43.3 Å². The molecule has 3 aromatic rings. The summed E-state index contributed by atoms with van der Waals surface area (Å²) in [6.45, 7) is 3.82. The van der Waals surface area contributed by atoms with Crippen molar-refractivity contribution in [3.8, 4) is 0 Å². The van der Waals surface area contributed by atoms with Crippen LogP contribution >= 0.6 is 0 Å². The molecule has 1 aliphatic heterocycles. The third kappa shape index (κ3) is 3.31. The van der Waals surface area contributed by atoms with Gasteiger partial charge in [-0.15, -0.1) is 0 Å². The molecule has 2 aromatic carbocycles. The molecule has 5 nitrogen and oxygen atoms in total. The number of benzene rings is 2. The van der Waals surface area contributed by atoms with E-state index >= 15 is 0 Å². The number of hydrogen-bond donors (Lipinski definition) is 0. The summed E-state index contributed by atoms with van der Waals surface area (Å²) in [6.07, 6.45) is 2.85. The first-order valence-corrected chi connectivity index (χ1v) is 9.41. The van der Waals surface area contributed by atoms with Crippen LogP contribution in [0.15, 0.2) is 65.9 Å². The number of ketones is 1. The van der Waals surface area contributed by atoms with Crippen molar-refractivity contribution >= 4 is 34.0 Å². The number of nitrogens with zero attached hydrogens (tertiary/aromatic N) is 3. The summed E-state index contributed by atoms with van der Waals surface area (Å²) in [5.74, 6) is -1.25. The Labute approximate surface area is 163 Å². The summed E-state index contributed by atoms with van der Waals surface area (Å²) in [5, 5.41) is 6.69. The first-order chi connectivity index (χ1) is 13.6. The van der Waals surface area contributed by atoms with E-state index in [9.17, 15) is 9.59 Å². The normalized spacial score (nSPS) is 16.5. The lowest BCUT2D eigenvalue weighted by Gasteiger charge is -2.14. The maximum atomic E-state index is 13.0. The second-order valence-electron chi connectivity index (χ2n) is 7.02. The number of amides is 1. The van der Waals surface area contributed by atoms with Gasteiger partial charge in [-0.2, -0.15) is 10.1 Å². The Morgan fingerprint density at radius 1 is 1.07 bits per heavy atom. The lowest BCUT2D eigenvalue weighted by atomic mass is 9.93. The Bertz CT molecular complexity index is 1100. The van der Waals surface area contributed by atoms with E-state index in [0.29, 0.717) is 11.4 Å². The minimum absolute atomic E-state index is 0.124. The Hall–Kier alpha value is -3.34. The number of aromatic nitrogens is 1. The predicted octanol–water partition coefficient (Wildman–Crippen LogP) is 3.95. The van der Waals surface area contributed by atoms with Crippen molar-refractivity contribution in [3.05, 3.63) is 71.9 Å². The lowest BCUT2D eigenvalue weighted by Crippen LogP contribution is -2.33. The molecule has 28 heavy (non-hydrogen) atoms. The van der Waals surface area contributed by atoms with Crippen LogP contribution in [0.2, 0.25) is 0 Å². The molecule has 2 heterocycles. The van der Waals surface area contributed by atoms with E-state index in [2.05, 4.69) is 17.0 Å². The van der Waals surface area contributed by atoms with Gasteiger partial charge >= 0.3 is 0 Å². The minimum Gasteiger partial charge on any atom is -0.298 e. The van der Waals surface area contributed by atoms with Crippen LogP contribution in [0.5, 0.6) is 0 Å². The van der Waals surface area contributed by atoms with Gasteiger partial charge in [0.1, 0.15) is 5.92 Å². The first-order valence-electron chi connectivity index (χ1n) is 9.41. The molecule has 0 radical (unpaired) electrons. The summed E-state index contributed by atoms with van der Waals surface area (Å²) >= 11 is 0. The highest BCUT2D eigenvalue weighted by molar-refractivity contribution is 6.27. The second-order valence-corrected chi connectivity index (χ2v) is 7.02. The molecule has 140 valence electrons. The van der Waals surface area contributed by atoms with Gasteiger partial charge in [0.15, 0.2) is 5.78 Å². The van der Waals surface area contributed by atoms with Crippen LogP contribution in [0, 0.1) is 5.92 Å². The fourth-order valence-electron chi connectivity index (χ4n) is 3.57. The van der Waals surface area contributed by atoms with Crippen molar-refractivity contribution in [1.82, 2.24) is 4.98 Å². The smallest absolute Gasteiger partial charge is 0.263 e. The summed E-state index contributed by atoms with van der Waals surface area (Å²) in [6, 6.07) is 17.3. The van der Waals surface area contributed by atoms with E-state index in [-0.39, 0.29) is 18.1 Å². The highest BCUT2D eigenvalue weighted by Gasteiger charge is 2.39. The molecule has 0 saturated carbocycles. The summed E-state index contributed by atoms with van der Waals surface area (Å²) < 4.78 is 0. The number of anilines is 1. The quantitative estimate of drug-likeness (QED) is 0.638. The zero-order chi connectivity index (χ0) is 19.7. The average Bonchev–Trinajstić information content (AvgIpc) is 3.01. The minimum atomic E-state index is -0.829. The number of hydrogen-bond acceptors (Lipinski definition) is 4. The average molecular weight is 371 g/mol. The molecular weight excluding hydrogens is 350 g/mol. The van der Waals surface area contributed by atoms with Crippen LogP contribution in [0.25, 0.3) is 10.9 Å². The molecule has 5 heteroatoms. The molecule has 1 amide bonds. The number of fused-ring (bicyclic) bond motifs is 1. The van der Waals surface area contributed by atoms with Gasteiger partial charge in [0.05, 0.1) is 16.9 Å². The maximum Gasteiger partial charge on any atom is 0.263 e. The first kappa shape index (κ1) is 18.0. The maximum absolute atomic E-state index is 13.0. The Morgan fingerprint density at radius 3 is 2.71 bits per heavy atom. The van der Waals surface area contributed by atoms with E-state index in [1.807, 2.05) is 54.6 Å². The third-order valence-corrected chi connectivity index (χ3v) is 5.07. The van der Waals surface area contributed by atoms with E-state index in [1.165, 1.54) is 10.6 Å². The molecule has 0 saturated heterocycles. The van der Waals surface area contributed by atoms with Gasteiger partial charge < -0.3 is 0 Å². The molecule has 0 bridgehead atoms. The molecule has 0 fully saturated rings. The SMILES string of the molecule is CCc1cccc(CC(=O)C2C(=O)N(c3ccc4cccnc4c3)N=C2C)c1. The molecule has 0 N–H and O–H groups in total. The van der Waals surface area contributed by atoms with E-state index in [4.69, 9.17) is 0 Å². The molecule has 1 unspecified atom stereocenters. The van der Waals surface area contributed by atoms with E-state index in [1.54, 1.807) is 13.1 Å². The predicted molar refractivity (Wildman–Crippen MR) is 110 cm³/mol. The van der Waals surface area contributed by atoms with Crippen LogP contribution < -0.4 is 5.01 Å². The lowest BCUT2D eigenvalue weighted by molar-refractivity contribution is -0.128. The Balaban J connectivity index is 1.57. The largest absolute Gasteiger partial charge is 0.298 e. The van der Waals surface area contributed by atoms with Crippen molar-refractivity contribution < 1.29 is 9.59 Å². The highest BCUT2D eigenvalue weighted by Crippen LogP contribution is 2.27. The monoisotopic (exact) mass is 371 g/mol. The fourth-order valence-corrected chi connectivity index (χ4v) is 3.57. The van der Waals surface area contributed by atoms with Gasteiger partial charge in [-0.05, 0) is 42.7 Å². The van der Waals surface area contributed by atoms with Crippen LogP contribution in [0.4, 0.5) is 5.69 Å². The third-order valence-electron chi connectivity index (χ3n) is 5.07. The van der Waals surface area contributed by atoms with Gasteiger partial charge in [-0.25, -0.2) is 0 Å². The summed E-state index contributed by atoms with van der Waals surface area (Å²) in [5.41, 5.74) is 4.05. The number of carbonyl (C=O) groups excluding carboxylic acids is 2. The molecule has 0 aliphatic carbocycles. The molecule has 1 aromatic heterocycles. The second kappa shape index (κ2) is 7.35. The van der Waals surface area contributed by atoms with Gasteiger partial charge in [0.2, 0.25) is 0 Å². The van der Waals surface area contributed by atoms with Crippen molar-refractivity contribution in [3.63, 3.8) is 0 Å². The van der Waals surface area contributed by atoms with E-state index < -0.39 is 5.92 Å².